The Morgan fingerprint density at radius 3 is 2.31 bits per heavy atom. The highest BCUT2D eigenvalue weighted by Crippen LogP contribution is 2.54. The number of carbonyl (C=O) groups is 2. The van der Waals surface area contributed by atoms with Gasteiger partial charge in [0.25, 0.3) is 0 Å². The largest absolute Gasteiger partial charge is 0.454 e. The van der Waals surface area contributed by atoms with Crippen molar-refractivity contribution in [1.29, 1.82) is 0 Å². The Balaban J connectivity index is 1.34. The number of aliphatic hydroxyl groups excluding tert-OH is 1. The number of hydrogen-bond donors (Lipinski definition) is 4. The van der Waals surface area contributed by atoms with Gasteiger partial charge in [0.1, 0.15) is 17.0 Å². The number of nitrogens with one attached hydrogen (secondary N) is 3. The minimum Gasteiger partial charge on any atom is -0.454 e. The summed E-state index contributed by atoms with van der Waals surface area (Å²) in [5, 5.41) is 21.3. The molecule has 3 aromatic carbocycles. The van der Waals surface area contributed by atoms with Crippen molar-refractivity contribution in [1.82, 2.24) is 20.3 Å². The maximum atomic E-state index is 14.1. The van der Waals surface area contributed by atoms with Gasteiger partial charge in [-0.25, -0.2) is 8.51 Å². The van der Waals surface area contributed by atoms with Crippen LogP contribution in [0.25, 0.3) is 0 Å². The monoisotopic (exact) mass is 676 g/mol. The van der Waals surface area contributed by atoms with Crippen molar-refractivity contribution in [3.63, 3.8) is 0 Å². The molecule has 48 heavy (non-hydrogen) atoms. The van der Waals surface area contributed by atoms with Crippen LogP contribution in [0.1, 0.15) is 58.1 Å². The molecule has 4 N–H and O–H groups in total. The average molecular weight is 677 g/mol. The maximum absolute atomic E-state index is 14.1. The minimum absolute atomic E-state index is 0.0466. The number of nitrogens with zero attached hydrogens (tertiary/aromatic N) is 1. The molecule has 1 heterocycles. The van der Waals surface area contributed by atoms with Crippen LogP contribution in [0.4, 0.5) is 0 Å². The molecule has 10 nitrogen and oxygen atoms in total. The number of hydrogen-bond acceptors (Lipinski definition) is 7. The van der Waals surface area contributed by atoms with E-state index in [4.69, 9.17) is 9.47 Å². The number of benzene rings is 3. The third kappa shape index (κ3) is 8.63. The van der Waals surface area contributed by atoms with Crippen LogP contribution in [-0.4, -0.2) is 69.5 Å². The SMILES string of the molecule is CC(C)CN(C[C@@H](O)C1(NC(=O)[C@@H](NC(=O)CNCc2ccccc2)C(C)(C)C)CC1c1ccccc1)S(=O)c1ccc2c(c1)OCO2. The first kappa shape index (κ1) is 35.5. The maximum Gasteiger partial charge on any atom is 0.243 e. The van der Waals surface area contributed by atoms with Gasteiger partial charge < -0.3 is 30.5 Å². The fourth-order valence-electron chi connectivity index (χ4n) is 6.18. The smallest absolute Gasteiger partial charge is 0.243 e. The van der Waals surface area contributed by atoms with Crippen LogP contribution >= 0.6 is 0 Å². The van der Waals surface area contributed by atoms with Crippen LogP contribution in [0.2, 0.25) is 0 Å². The average Bonchev–Trinajstić information content (AvgIpc) is 3.59. The fraction of sp³-hybridized carbons (Fsp3) is 0.459. The van der Waals surface area contributed by atoms with Crippen LogP contribution < -0.4 is 25.4 Å². The molecule has 1 fully saturated rings. The number of ether oxygens (including phenoxy) is 2. The number of carbonyl (C=O) groups excluding carboxylic acids is 2. The second-order valence-electron chi connectivity index (χ2n) is 14.2. The molecule has 5 atom stereocenters. The molecule has 1 aliphatic heterocycles. The summed E-state index contributed by atoms with van der Waals surface area (Å²) in [5.74, 6) is 0.453. The van der Waals surface area contributed by atoms with E-state index in [9.17, 15) is 18.9 Å². The molecular formula is C37H48N4O6S. The van der Waals surface area contributed by atoms with Crippen LogP contribution in [0, 0.1) is 11.3 Å². The number of aliphatic hydroxyl groups is 1. The van der Waals surface area contributed by atoms with Crippen molar-refractivity contribution in [3.8, 4) is 11.5 Å². The molecular weight excluding hydrogens is 628 g/mol. The first-order chi connectivity index (χ1) is 22.9. The van der Waals surface area contributed by atoms with Gasteiger partial charge in [-0.05, 0) is 41.0 Å². The molecule has 3 unspecified atom stereocenters. The molecule has 0 saturated heterocycles. The predicted molar refractivity (Wildman–Crippen MR) is 186 cm³/mol. The highest BCUT2D eigenvalue weighted by molar-refractivity contribution is 7.82. The lowest BCUT2D eigenvalue weighted by atomic mass is 9.85. The fourth-order valence-corrected chi connectivity index (χ4v) is 7.58. The van der Waals surface area contributed by atoms with E-state index < -0.39 is 34.1 Å². The Morgan fingerprint density at radius 2 is 1.65 bits per heavy atom. The Bertz CT molecular complexity index is 1580. The van der Waals surface area contributed by atoms with Crippen molar-refractivity contribution < 1.29 is 28.4 Å². The third-order valence-corrected chi connectivity index (χ3v) is 10.2. The zero-order valence-electron chi connectivity index (χ0n) is 28.4. The van der Waals surface area contributed by atoms with E-state index in [1.165, 1.54) is 0 Å². The lowest BCUT2D eigenvalue weighted by Crippen LogP contribution is -2.60. The lowest BCUT2D eigenvalue weighted by Gasteiger charge is -2.35. The summed E-state index contributed by atoms with van der Waals surface area (Å²) in [6, 6.07) is 23.9. The second kappa shape index (κ2) is 15.2. The molecule has 5 rings (SSSR count). The molecule has 2 amide bonds. The quantitative estimate of drug-likeness (QED) is 0.191. The number of fused-ring (bicyclic) bond motifs is 1. The Labute approximate surface area is 286 Å². The first-order valence-electron chi connectivity index (χ1n) is 16.5. The highest BCUT2D eigenvalue weighted by atomic mass is 32.2. The summed E-state index contributed by atoms with van der Waals surface area (Å²) >= 11 is 0. The van der Waals surface area contributed by atoms with Gasteiger partial charge in [-0.1, -0.05) is 95.3 Å². The van der Waals surface area contributed by atoms with E-state index >= 15 is 0 Å². The van der Waals surface area contributed by atoms with Crippen molar-refractivity contribution in [2.24, 2.45) is 11.3 Å². The van der Waals surface area contributed by atoms with Crippen molar-refractivity contribution >= 4 is 22.8 Å². The Kier molecular flexibility index (Phi) is 11.2. The van der Waals surface area contributed by atoms with Crippen LogP contribution in [0.5, 0.6) is 11.5 Å². The van der Waals surface area contributed by atoms with Gasteiger partial charge in [0.15, 0.2) is 11.5 Å². The summed E-state index contributed by atoms with van der Waals surface area (Å²) in [4.78, 5) is 27.7. The van der Waals surface area contributed by atoms with Crippen LogP contribution in [-0.2, 0) is 27.1 Å². The molecule has 1 saturated carbocycles. The molecule has 0 aromatic heterocycles. The van der Waals surface area contributed by atoms with Gasteiger partial charge >= 0.3 is 0 Å². The molecule has 0 bridgehead atoms. The van der Waals surface area contributed by atoms with E-state index in [0.717, 1.165) is 11.1 Å². The topological polar surface area (TPSA) is 129 Å². The normalized spacial score (nSPS) is 20.3. The molecule has 11 heteroatoms. The minimum atomic E-state index is -1.62. The van der Waals surface area contributed by atoms with E-state index in [0.29, 0.717) is 35.9 Å². The van der Waals surface area contributed by atoms with Crippen molar-refractivity contribution in [2.45, 2.75) is 76.1 Å². The first-order valence-corrected chi connectivity index (χ1v) is 17.6. The van der Waals surface area contributed by atoms with Crippen LogP contribution in [0.15, 0.2) is 83.8 Å². The molecule has 3 aromatic rings. The molecule has 2 aliphatic rings. The van der Waals surface area contributed by atoms with Gasteiger partial charge in [0, 0.05) is 31.6 Å². The van der Waals surface area contributed by atoms with Gasteiger partial charge in [-0.2, -0.15) is 0 Å². The highest BCUT2D eigenvalue weighted by Gasteiger charge is 2.61. The lowest BCUT2D eigenvalue weighted by molar-refractivity contribution is -0.132. The summed E-state index contributed by atoms with van der Waals surface area (Å²) in [7, 11) is -1.62. The number of amides is 2. The summed E-state index contributed by atoms with van der Waals surface area (Å²) < 4.78 is 26.7. The molecule has 1 aliphatic carbocycles. The summed E-state index contributed by atoms with van der Waals surface area (Å²) in [6.45, 7) is 11.0. The third-order valence-electron chi connectivity index (χ3n) is 8.77. The standard InChI is InChI=1S/C37H48N4O6S/c1-25(2)22-41(48(45)28-16-17-30-31(18-28)47-24-46-30)23-32(42)37(19-29(37)27-14-10-7-11-15-27)40-35(44)34(36(3,4)5)39-33(43)21-38-20-26-12-8-6-9-13-26/h6-18,25,29,32,34,38,42H,19-24H2,1-5H3,(H,39,43)(H,40,44)/t29?,32-,34-,37?,48?/m1/s1. The van der Waals surface area contributed by atoms with E-state index in [1.54, 1.807) is 22.5 Å². The Hall–Kier alpha value is -3.77. The van der Waals surface area contributed by atoms with Crippen molar-refractivity contribution in [2.75, 3.05) is 26.4 Å². The van der Waals surface area contributed by atoms with Gasteiger partial charge in [0.05, 0.1) is 23.1 Å². The molecule has 0 radical (unpaired) electrons. The van der Waals surface area contributed by atoms with Crippen molar-refractivity contribution in [3.05, 3.63) is 90.0 Å². The van der Waals surface area contributed by atoms with E-state index in [1.807, 2.05) is 95.3 Å². The summed E-state index contributed by atoms with van der Waals surface area (Å²) in [5.41, 5.74) is 0.406. The van der Waals surface area contributed by atoms with E-state index in [2.05, 4.69) is 16.0 Å². The zero-order chi connectivity index (χ0) is 34.5. The second-order valence-corrected chi connectivity index (χ2v) is 15.7. The number of rotatable bonds is 15. The van der Waals surface area contributed by atoms with Crippen LogP contribution in [0.3, 0.4) is 0 Å². The summed E-state index contributed by atoms with van der Waals surface area (Å²) in [6.07, 6.45) is -0.563. The van der Waals surface area contributed by atoms with Gasteiger partial charge in [-0.3, -0.25) is 9.59 Å². The van der Waals surface area contributed by atoms with Gasteiger partial charge in [-0.15, -0.1) is 0 Å². The molecule has 258 valence electrons. The van der Waals surface area contributed by atoms with E-state index in [-0.39, 0.29) is 43.5 Å². The zero-order valence-corrected chi connectivity index (χ0v) is 29.2. The van der Waals surface area contributed by atoms with Gasteiger partial charge in [0.2, 0.25) is 18.6 Å². The Morgan fingerprint density at radius 1 is 0.979 bits per heavy atom. The predicted octanol–water partition coefficient (Wildman–Crippen LogP) is 4.12. The molecule has 0 spiro atoms.